The Bertz CT molecular complexity index is 823. The largest absolute Gasteiger partial charge is 0.495 e. The van der Waals surface area contributed by atoms with Gasteiger partial charge in [-0.15, -0.1) is 10.2 Å². The molecule has 2 rings (SSSR count). The monoisotopic (exact) mass is 379 g/mol. The van der Waals surface area contributed by atoms with Crippen LogP contribution in [0.2, 0.25) is 0 Å². The first kappa shape index (κ1) is 19.9. The summed E-state index contributed by atoms with van der Waals surface area (Å²) in [5, 5.41) is 11.1. The highest BCUT2D eigenvalue weighted by Crippen LogP contribution is 2.26. The van der Waals surface area contributed by atoms with Gasteiger partial charge in [0, 0.05) is 6.54 Å². The number of benzene rings is 1. The van der Waals surface area contributed by atoms with E-state index in [0.717, 1.165) is 25.1 Å². The van der Waals surface area contributed by atoms with Crippen LogP contribution < -0.4 is 14.8 Å². The lowest BCUT2D eigenvalue weighted by Gasteiger charge is -2.12. The molecule has 1 heterocycles. The number of ether oxygens (including phenoxy) is 1. The van der Waals surface area contributed by atoms with Gasteiger partial charge in [-0.1, -0.05) is 6.07 Å². The minimum Gasteiger partial charge on any atom is -0.495 e. The number of rotatable bonds is 9. The highest BCUT2D eigenvalue weighted by atomic mass is 32.2. The third-order valence-corrected chi connectivity index (χ3v) is 4.98. The second-order valence-electron chi connectivity index (χ2n) is 6.15. The number of hydrogen-bond acceptors (Lipinski definition) is 7. The standard InChI is InChI=1S/C17H25N5O3S/c1-13-6-7-14(25-4)15(12-13)26(23,24)21-17-9-8-16(19-20-17)18-10-5-11-22(2)3/h6-9,12H,5,10-11H2,1-4H3,(H,18,19)(H,20,21). The fourth-order valence-electron chi connectivity index (χ4n) is 2.28. The minimum atomic E-state index is -3.83. The van der Waals surface area contributed by atoms with Crippen molar-refractivity contribution in [3.8, 4) is 5.75 Å². The lowest BCUT2D eigenvalue weighted by atomic mass is 10.2. The molecule has 0 fully saturated rings. The molecule has 0 saturated carbocycles. The Balaban J connectivity index is 2.05. The number of methoxy groups -OCH3 is 1. The number of sulfonamides is 1. The summed E-state index contributed by atoms with van der Waals surface area (Å²) >= 11 is 0. The van der Waals surface area contributed by atoms with Crippen molar-refractivity contribution in [3.05, 3.63) is 35.9 Å². The smallest absolute Gasteiger partial charge is 0.266 e. The first-order chi connectivity index (χ1) is 12.3. The van der Waals surface area contributed by atoms with Crippen molar-refractivity contribution in [2.45, 2.75) is 18.2 Å². The Morgan fingerprint density at radius 1 is 1.12 bits per heavy atom. The highest BCUT2D eigenvalue weighted by Gasteiger charge is 2.20. The van der Waals surface area contributed by atoms with Gasteiger partial charge in [0.25, 0.3) is 10.0 Å². The Morgan fingerprint density at radius 3 is 2.42 bits per heavy atom. The molecule has 0 unspecified atom stereocenters. The molecule has 9 heteroatoms. The van der Waals surface area contributed by atoms with Gasteiger partial charge in [0.2, 0.25) is 0 Å². The number of aryl methyl sites for hydroxylation is 1. The minimum absolute atomic E-state index is 0.0627. The van der Waals surface area contributed by atoms with Crippen LogP contribution in [0.5, 0.6) is 5.75 Å². The first-order valence-corrected chi connectivity index (χ1v) is 9.70. The van der Waals surface area contributed by atoms with Crippen molar-refractivity contribution in [3.63, 3.8) is 0 Å². The molecule has 2 N–H and O–H groups in total. The van der Waals surface area contributed by atoms with Crippen molar-refractivity contribution in [2.24, 2.45) is 0 Å². The molecule has 1 aromatic carbocycles. The Kier molecular flexibility index (Phi) is 6.76. The van der Waals surface area contributed by atoms with Crippen molar-refractivity contribution in [1.29, 1.82) is 0 Å². The van der Waals surface area contributed by atoms with Crippen LogP contribution in [0, 0.1) is 6.92 Å². The second kappa shape index (κ2) is 8.81. The van der Waals surface area contributed by atoms with E-state index in [-0.39, 0.29) is 16.5 Å². The summed E-state index contributed by atoms with van der Waals surface area (Å²) in [6.07, 6.45) is 0.968. The van der Waals surface area contributed by atoms with Gasteiger partial charge in [0.1, 0.15) is 16.5 Å². The van der Waals surface area contributed by atoms with Crippen LogP contribution in [0.15, 0.2) is 35.2 Å². The third kappa shape index (κ3) is 5.57. The van der Waals surface area contributed by atoms with Gasteiger partial charge >= 0.3 is 0 Å². The van der Waals surface area contributed by atoms with Gasteiger partial charge < -0.3 is 15.0 Å². The van der Waals surface area contributed by atoms with E-state index < -0.39 is 10.0 Å². The summed E-state index contributed by atoms with van der Waals surface area (Å²) in [5.41, 5.74) is 0.814. The molecule has 0 saturated heterocycles. The van der Waals surface area contributed by atoms with Crippen LogP contribution in [-0.2, 0) is 10.0 Å². The molecule has 2 aromatic rings. The average molecular weight is 379 g/mol. The molecule has 0 aliphatic heterocycles. The number of aromatic nitrogens is 2. The number of anilines is 2. The van der Waals surface area contributed by atoms with Gasteiger partial charge in [-0.3, -0.25) is 4.72 Å². The van der Waals surface area contributed by atoms with Crippen LogP contribution >= 0.6 is 0 Å². The van der Waals surface area contributed by atoms with Crippen molar-refractivity contribution in [1.82, 2.24) is 15.1 Å². The molecule has 0 atom stereocenters. The molecule has 0 aliphatic rings. The first-order valence-electron chi connectivity index (χ1n) is 8.21. The quantitative estimate of drug-likeness (QED) is 0.643. The molecule has 0 spiro atoms. The molecule has 26 heavy (non-hydrogen) atoms. The van der Waals surface area contributed by atoms with Gasteiger partial charge in [0.15, 0.2) is 5.82 Å². The predicted octanol–water partition coefficient (Wildman–Crippen LogP) is 1.96. The second-order valence-corrected chi connectivity index (χ2v) is 7.80. The Labute approximate surface area is 154 Å². The zero-order valence-corrected chi connectivity index (χ0v) is 16.3. The number of nitrogens with zero attached hydrogens (tertiary/aromatic N) is 3. The summed E-state index contributed by atoms with van der Waals surface area (Å²) in [5.74, 6) is 1.02. The molecule has 0 aliphatic carbocycles. The topological polar surface area (TPSA) is 96.5 Å². The lowest BCUT2D eigenvalue weighted by molar-refractivity contribution is 0.402. The van der Waals surface area contributed by atoms with E-state index in [1.54, 1.807) is 30.3 Å². The Morgan fingerprint density at radius 2 is 1.81 bits per heavy atom. The van der Waals surface area contributed by atoms with Gasteiger partial charge in [0.05, 0.1) is 7.11 Å². The molecule has 1 aromatic heterocycles. The molecular weight excluding hydrogens is 354 g/mol. The molecule has 0 amide bonds. The lowest BCUT2D eigenvalue weighted by Crippen LogP contribution is -2.17. The van der Waals surface area contributed by atoms with E-state index in [0.29, 0.717) is 5.82 Å². The molecule has 0 radical (unpaired) electrons. The molecule has 0 bridgehead atoms. The molecular formula is C17H25N5O3S. The summed E-state index contributed by atoms with van der Waals surface area (Å²) in [4.78, 5) is 2.16. The summed E-state index contributed by atoms with van der Waals surface area (Å²) < 4.78 is 32.8. The Hall–Kier alpha value is -2.39. The number of nitrogens with one attached hydrogen (secondary N) is 2. The zero-order valence-electron chi connectivity index (χ0n) is 15.5. The average Bonchev–Trinajstić information content (AvgIpc) is 2.59. The van der Waals surface area contributed by atoms with Crippen molar-refractivity contribution in [2.75, 3.05) is 44.3 Å². The normalized spacial score (nSPS) is 11.4. The zero-order chi connectivity index (χ0) is 19.2. The van der Waals surface area contributed by atoms with Crippen LogP contribution in [0.25, 0.3) is 0 Å². The van der Waals surface area contributed by atoms with Gasteiger partial charge in [-0.25, -0.2) is 8.42 Å². The van der Waals surface area contributed by atoms with Gasteiger partial charge in [-0.05, 0) is 63.8 Å². The maximum absolute atomic E-state index is 12.6. The van der Waals surface area contributed by atoms with Gasteiger partial charge in [-0.2, -0.15) is 0 Å². The van der Waals surface area contributed by atoms with Crippen LogP contribution in [-0.4, -0.2) is 57.8 Å². The maximum Gasteiger partial charge on any atom is 0.266 e. The van der Waals surface area contributed by atoms with Crippen molar-refractivity contribution < 1.29 is 13.2 Å². The maximum atomic E-state index is 12.6. The molecule has 142 valence electrons. The fraction of sp³-hybridized carbons (Fsp3) is 0.412. The van der Waals surface area contributed by atoms with Crippen LogP contribution in [0.3, 0.4) is 0 Å². The van der Waals surface area contributed by atoms with E-state index >= 15 is 0 Å². The summed E-state index contributed by atoms with van der Waals surface area (Å²) in [6, 6.07) is 8.22. The van der Waals surface area contributed by atoms with Crippen LogP contribution in [0.4, 0.5) is 11.6 Å². The van der Waals surface area contributed by atoms with Crippen molar-refractivity contribution >= 4 is 21.7 Å². The predicted molar refractivity (Wildman–Crippen MR) is 102 cm³/mol. The van der Waals surface area contributed by atoms with E-state index in [9.17, 15) is 8.42 Å². The highest BCUT2D eigenvalue weighted by molar-refractivity contribution is 7.92. The van der Waals surface area contributed by atoms with E-state index in [4.69, 9.17) is 4.74 Å². The van der Waals surface area contributed by atoms with E-state index in [1.165, 1.54) is 7.11 Å². The van der Waals surface area contributed by atoms with Crippen LogP contribution in [0.1, 0.15) is 12.0 Å². The summed E-state index contributed by atoms with van der Waals surface area (Å²) in [7, 11) is 1.64. The van der Waals surface area contributed by atoms with E-state index in [2.05, 4.69) is 25.1 Å². The molecule has 8 nitrogen and oxygen atoms in total. The third-order valence-electron chi connectivity index (χ3n) is 3.60. The fourth-order valence-corrected chi connectivity index (χ4v) is 3.53. The van der Waals surface area contributed by atoms with E-state index in [1.807, 2.05) is 21.0 Å². The number of hydrogen-bond donors (Lipinski definition) is 2. The summed E-state index contributed by atoms with van der Waals surface area (Å²) in [6.45, 7) is 3.55. The SMILES string of the molecule is COc1ccc(C)cc1S(=O)(=O)Nc1ccc(NCCCN(C)C)nn1.